The van der Waals surface area contributed by atoms with Crippen LogP contribution in [0.2, 0.25) is 0 Å². The van der Waals surface area contributed by atoms with Crippen LogP contribution in [0.15, 0.2) is 72.8 Å². The van der Waals surface area contributed by atoms with Gasteiger partial charge in [-0.2, -0.15) is 0 Å². The molecule has 1 heterocycles. The minimum absolute atomic E-state index is 0.0537. The van der Waals surface area contributed by atoms with Crippen LogP contribution in [0.4, 0.5) is 0 Å². The number of benzene rings is 3. The van der Waals surface area contributed by atoms with Crippen LogP contribution in [0, 0.1) is 5.92 Å². The summed E-state index contributed by atoms with van der Waals surface area (Å²) in [5, 5.41) is 5.34. The summed E-state index contributed by atoms with van der Waals surface area (Å²) in [7, 11) is 4.06. The number of piperidine rings is 1. The first-order valence-electron chi connectivity index (χ1n) is 11.8. The maximum absolute atomic E-state index is 13.2. The highest BCUT2D eigenvalue weighted by Gasteiger charge is 2.29. The van der Waals surface area contributed by atoms with E-state index >= 15 is 0 Å². The molecule has 1 aliphatic heterocycles. The van der Waals surface area contributed by atoms with E-state index in [2.05, 4.69) is 22.3 Å². The lowest BCUT2D eigenvalue weighted by Crippen LogP contribution is -2.48. The zero-order valence-electron chi connectivity index (χ0n) is 19.5. The molecule has 5 nitrogen and oxygen atoms in total. The molecule has 0 aromatic heterocycles. The van der Waals surface area contributed by atoms with Crippen molar-refractivity contribution in [2.24, 2.45) is 5.92 Å². The third-order valence-corrected chi connectivity index (χ3v) is 6.43. The summed E-state index contributed by atoms with van der Waals surface area (Å²) in [5.74, 6) is 0.109. The van der Waals surface area contributed by atoms with Gasteiger partial charge in [0.15, 0.2) is 0 Å². The van der Waals surface area contributed by atoms with Crippen LogP contribution in [0.1, 0.15) is 28.8 Å². The molecule has 1 fully saturated rings. The molecule has 5 heteroatoms. The molecule has 2 amide bonds. The summed E-state index contributed by atoms with van der Waals surface area (Å²) in [5.41, 5.74) is 1.96. The molecule has 0 radical (unpaired) electrons. The van der Waals surface area contributed by atoms with E-state index in [1.165, 1.54) is 5.56 Å². The molecule has 1 saturated heterocycles. The van der Waals surface area contributed by atoms with E-state index in [1.807, 2.05) is 79.7 Å². The van der Waals surface area contributed by atoms with Gasteiger partial charge >= 0.3 is 0 Å². The molecule has 172 valence electrons. The average Bonchev–Trinajstić information content (AvgIpc) is 2.83. The van der Waals surface area contributed by atoms with Crippen LogP contribution in [0.5, 0.6) is 0 Å². The predicted molar refractivity (Wildman–Crippen MR) is 133 cm³/mol. The van der Waals surface area contributed by atoms with Gasteiger partial charge in [0, 0.05) is 37.2 Å². The van der Waals surface area contributed by atoms with Crippen molar-refractivity contribution in [1.29, 1.82) is 0 Å². The number of carbonyl (C=O) groups is 2. The summed E-state index contributed by atoms with van der Waals surface area (Å²) in [6, 6.07) is 24.2. The highest BCUT2D eigenvalue weighted by molar-refractivity contribution is 6.07. The fourth-order valence-corrected chi connectivity index (χ4v) is 4.75. The lowest BCUT2D eigenvalue weighted by Gasteiger charge is -2.33. The molecule has 1 atom stereocenters. The van der Waals surface area contributed by atoms with Gasteiger partial charge in [0.2, 0.25) is 5.91 Å². The van der Waals surface area contributed by atoms with E-state index in [-0.39, 0.29) is 23.8 Å². The smallest absolute Gasteiger partial charge is 0.254 e. The van der Waals surface area contributed by atoms with Crippen LogP contribution in [-0.4, -0.2) is 61.4 Å². The number of likely N-dealkylation sites (tertiary alicyclic amines) is 1. The Morgan fingerprint density at radius 3 is 2.33 bits per heavy atom. The van der Waals surface area contributed by atoms with E-state index in [0.29, 0.717) is 25.9 Å². The first-order valence-corrected chi connectivity index (χ1v) is 11.8. The molecule has 4 rings (SSSR count). The number of fused-ring (bicyclic) bond motifs is 1. The second-order valence-corrected chi connectivity index (χ2v) is 9.25. The molecule has 0 bridgehead atoms. The third kappa shape index (κ3) is 5.79. The Balaban J connectivity index is 1.36. The molecule has 3 aromatic rings. The number of rotatable bonds is 7. The molecule has 1 unspecified atom stereocenters. The Hall–Kier alpha value is -3.18. The lowest BCUT2D eigenvalue weighted by atomic mass is 9.94. The monoisotopic (exact) mass is 443 g/mol. The van der Waals surface area contributed by atoms with Gasteiger partial charge in [0.25, 0.3) is 5.91 Å². The van der Waals surface area contributed by atoms with E-state index < -0.39 is 0 Å². The van der Waals surface area contributed by atoms with E-state index in [4.69, 9.17) is 0 Å². The Kier molecular flexibility index (Phi) is 7.40. The summed E-state index contributed by atoms with van der Waals surface area (Å²) in [6.45, 7) is 2.01. The van der Waals surface area contributed by atoms with Crippen molar-refractivity contribution < 1.29 is 9.59 Å². The van der Waals surface area contributed by atoms with Gasteiger partial charge in [-0.3, -0.25) is 9.59 Å². The molecule has 0 spiro atoms. The van der Waals surface area contributed by atoms with Gasteiger partial charge in [-0.1, -0.05) is 66.7 Å². The summed E-state index contributed by atoms with van der Waals surface area (Å²) in [6.07, 6.45) is 2.20. The largest absolute Gasteiger partial charge is 0.352 e. The quantitative estimate of drug-likeness (QED) is 0.601. The number of carbonyl (C=O) groups excluding carboxylic acids is 2. The maximum atomic E-state index is 13.2. The van der Waals surface area contributed by atoms with Crippen molar-refractivity contribution in [2.75, 3.05) is 33.7 Å². The van der Waals surface area contributed by atoms with Crippen molar-refractivity contribution in [1.82, 2.24) is 15.1 Å². The molecular formula is C28H33N3O2. The zero-order valence-corrected chi connectivity index (χ0v) is 19.5. The van der Waals surface area contributed by atoms with Gasteiger partial charge in [-0.25, -0.2) is 0 Å². The summed E-state index contributed by atoms with van der Waals surface area (Å²) < 4.78 is 0. The van der Waals surface area contributed by atoms with Crippen LogP contribution < -0.4 is 5.32 Å². The number of nitrogens with one attached hydrogen (secondary N) is 1. The number of amides is 2. The molecular weight excluding hydrogens is 410 g/mol. The van der Waals surface area contributed by atoms with Crippen LogP contribution in [0.25, 0.3) is 10.8 Å². The normalized spacial score (nSPS) is 15.5. The minimum atomic E-state index is -0.0537. The van der Waals surface area contributed by atoms with Gasteiger partial charge < -0.3 is 15.1 Å². The van der Waals surface area contributed by atoms with Crippen molar-refractivity contribution in [2.45, 2.75) is 25.3 Å². The van der Waals surface area contributed by atoms with E-state index in [1.54, 1.807) is 0 Å². The Morgan fingerprint density at radius 1 is 0.939 bits per heavy atom. The van der Waals surface area contributed by atoms with Crippen molar-refractivity contribution >= 4 is 22.6 Å². The van der Waals surface area contributed by atoms with Crippen LogP contribution in [-0.2, 0) is 11.2 Å². The predicted octanol–water partition coefficient (Wildman–Crippen LogP) is 3.98. The SMILES string of the molecule is CN(C)CC(Cc1ccccc1)NC(=O)C1CCN(C(=O)c2cccc3ccccc23)CC1. The van der Waals surface area contributed by atoms with Gasteiger partial charge in [-0.05, 0) is 55.8 Å². The van der Waals surface area contributed by atoms with E-state index in [0.717, 1.165) is 29.3 Å². The minimum Gasteiger partial charge on any atom is -0.352 e. The molecule has 0 aliphatic carbocycles. The summed E-state index contributed by atoms with van der Waals surface area (Å²) >= 11 is 0. The molecule has 3 aromatic carbocycles. The number of hydrogen-bond acceptors (Lipinski definition) is 3. The second-order valence-electron chi connectivity index (χ2n) is 9.25. The maximum Gasteiger partial charge on any atom is 0.254 e. The van der Waals surface area contributed by atoms with Crippen molar-refractivity contribution in [3.8, 4) is 0 Å². The number of hydrogen-bond donors (Lipinski definition) is 1. The number of likely N-dealkylation sites (N-methyl/N-ethyl adjacent to an activating group) is 1. The van der Waals surface area contributed by atoms with Crippen molar-refractivity contribution in [3.63, 3.8) is 0 Å². The van der Waals surface area contributed by atoms with Crippen LogP contribution >= 0.6 is 0 Å². The fourth-order valence-electron chi connectivity index (χ4n) is 4.75. The molecule has 0 saturated carbocycles. The molecule has 1 N–H and O–H groups in total. The first-order chi connectivity index (χ1) is 16.0. The third-order valence-electron chi connectivity index (χ3n) is 6.43. The fraction of sp³-hybridized carbons (Fsp3) is 0.357. The second kappa shape index (κ2) is 10.6. The Morgan fingerprint density at radius 2 is 1.61 bits per heavy atom. The first kappa shape index (κ1) is 23.0. The summed E-state index contributed by atoms with van der Waals surface area (Å²) in [4.78, 5) is 30.3. The van der Waals surface area contributed by atoms with Gasteiger partial charge in [0.05, 0.1) is 0 Å². The topological polar surface area (TPSA) is 52.7 Å². The molecule has 33 heavy (non-hydrogen) atoms. The van der Waals surface area contributed by atoms with Gasteiger partial charge in [0.1, 0.15) is 0 Å². The van der Waals surface area contributed by atoms with Crippen molar-refractivity contribution in [3.05, 3.63) is 83.9 Å². The Bertz CT molecular complexity index is 1080. The Labute approximate surface area is 196 Å². The van der Waals surface area contributed by atoms with Crippen LogP contribution in [0.3, 0.4) is 0 Å². The average molecular weight is 444 g/mol. The number of nitrogens with zero attached hydrogens (tertiary/aromatic N) is 2. The standard InChI is InChI=1S/C28H33N3O2/c1-30(2)20-24(19-21-9-4-3-5-10-21)29-27(32)23-15-17-31(18-16-23)28(33)26-14-8-12-22-11-6-7-13-25(22)26/h3-14,23-24H,15-20H2,1-2H3,(H,29,32). The van der Waals surface area contributed by atoms with E-state index in [9.17, 15) is 9.59 Å². The lowest BCUT2D eigenvalue weighted by molar-refractivity contribution is -0.127. The highest BCUT2D eigenvalue weighted by Crippen LogP contribution is 2.24. The molecule has 1 aliphatic rings. The zero-order chi connectivity index (χ0) is 23.2. The van der Waals surface area contributed by atoms with Gasteiger partial charge in [-0.15, -0.1) is 0 Å². The highest BCUT2D eigenvalue weighted by atomic mass is 16.2.